The number of hydrogen-bond acceptors (Lipinski definition) is 6. The highest BCUT2D eigenvalue weighted by Gasteiger charge is 2.70. The van der Waals surface area contributed by atoms with Crippen molar-refractivity contribution in [3.05, 3.63) is 11.1 Å². The van der Waals surface area contributed by atoms with Gasteiger partial charge in [-0.2, -0.15) is 0 Å². The lowest BCUT2D eigenvalue weighted by molar-refractivity contribution is -0.209. The lowest BCUT2D eigenvalue weighted by Crippen LogP contribution is -2.65. The lowest BCUT2D eigenvalue weighted by Gasteiger charge is -2.68. The second-order valence-electron chi connectivity index (χ2n) is 15.5. The van der Waals surface area contributed by atoms with Crippen molar-refractivity contribution in [2.24, 2.45) is 39.4 Å². The van der Waals surface area contributed by atoms with Crippen LogP contribution in [0.1, 0.15) is 107 Å². The maximum absolute atomic E-state index is 13.0. The monoisotopic (exact) mass is 544 g/mol. The third kappa shape index (κ3) is 4.13. The molecule has 0 spiro atoms. The van der Waals surface area contributed by atoms with Crippen LogP contribution in [0, 0.1) is 39.4 Å². The summed E-state index contributed by atoms with van der Waals surface area (Å²) in [5.41, 5.74) is 1.74. The molecule has 0 aromatic heterocycles. The minimum atomic E-state index is -0.456. The summed E-state index contributed by atoms with van der Waals surface area (Å²) in [5.74, 6) is 0.649. The van der Waals surface area contributed by atoms with Gasteiger partial charge in [0.25, 0.3) is 0 Å². The molecule has 6 heteroatoms. The molecule has 1 heterocycles. The van der Waals surface area contributed by atoms with E-state index in [1.165, 1.54) is 18.1 Å². The maximum Gasteiger partial charge on any atom is 0.302 e. The molecule has 5 aliphatic rings. The molecule has 39 heavy (non-hydrogen) atoms. The fourth-order valence-corrected chi connectivity index (χ4v) is 10.7. The average Bonchev–Trinajstić information content (AvgIpc) is 3.34. The van der Waals surface area contributed by atoms with Gasteiger partial charge in [-0.25, -0.2) is 0 Å². The molecule has 0 radical (unpaired) electrons. The van der Waals surface area contributed by atoms with E-state index in [2.05, 4.69) is 41.5 Å². The molecule has 3 saturated carbocycles. The number of carbonyl (C=O) groups excluding carboxylic acids is 2. The molecule has 1 N–H and O–H groups in total. The smallest absolute Gasteiger partial charge is 0.302 e. The van der Waals surface area contributed by atoms with Crippen molar-refractivity contribution in [3.63, 3.8) is 0 Å². The summed E-state index contributed by atoms with van der Waals surface area (Å²) < 4.78 is 17.9. The van der Waals surface area contributed by atoms with E-state index in [9.17, 15) is 14.7 Å². The van der Waals surface area contributed by atoms with Crippen LogP contribution in [0.2, 0.25) is 0 Å². The second kappa shape index (κ2) is 9.13. The number of rotatable bonds is 6. The van der Waals surface area contributed by atoms with E-state index in [0.29, 0.717) is 25.0 Å². The van der Waals surface area contributed by atoms with E-state index in [-0.39, 0.29) is 69.3 Å². The minimum absolute atomic E-state index is 0.0243. The van der Waals surface area contributed by atoms with Crippen molar-refractivity contribution < 1.29 is 28.9 Å². The first kappa shape index (κ1) is 29.3. The van der Waals surface area contributed by atoms with Crippen molar-refractivity contribution in [2.75, 3.05) is 7.11 Å². The Balaban J connectivity index is 1.52. The van der Waals surface area contributed by atoms with Crippen LogP contribution in [0.5, 0.6) is 0 Å². The predicted molar refractivity (Wildman–Crippen MR) is 150 cm³/mol. The van der Waals surface area contributed by atoms with Gasteiger partial charge in [-0.15, -0.1) is 0 Å². The lowest BCUT2D eigenvalue weighted by atomic mass is 9.36. The van der Waals surface area contributed by atoms with Crippen LogP contribution >= 0.6 is 0 Å². The molecule has 4 aliphatic carbocycles. The normalized spacial score (nSPS) is 45.6. The number of esters is 1. The van der Waals surface area contributed by atoms with Crippen LogP contribution < -0.4 is 0 Å². The predicted octanol–water partition coefficient (Wildman–Crippen LogP) is 6.04. The van der Waals surface area contributed by atoms with E-state index in [1.54, 1.807) is 7.11 Å². The van der Waals surface area contributed by atoms with Crippen LogP contribution in [0.3, 0.4) is 0 Å². The molecule has 4 fully saturated rings. The van der Waals surface area contributed by atoms with Crippen LogP contribution in [0.15, 0.2) is 11.1 Å². The molecule has 0 amide bonds. The number of ketones is 1. The number of methoxy groups -OCH3 is 1. The molecule has 0 aromatic carbocycles. The Morgan fingerprint density at radius 1 is 1.13 bits per heavy atom. The number of aliphatic hydroxyl groups is 1. The van der Waals surface area contributed by atoms with E-state index in [1.807, 2.05) is 13.8 Å². The topological polar surface area (TPSA) is 85.4 Å². The standard InChI is InChI=1S/C33H52O6/c1-18(15-22(38-19(2)34)28-30(5,6)39-28)26-20-16-21(35)27-31(7)13-12-25(36)29(3,4)24(31)11-14-32(27,8)33(20,9)17-23(26)37-10/h18,21-24,27-28,35H,11-17H2,1-10H3. The summed E-state index contributed by atoms with van der Waals surface area (Å²) in [7, 11) is 1.80. The Bertz CT molecular complexity index is 1070. The maximum atomic E-state index is 13.0. The van der Waals surface area contributed by atoms with Crippen molar-refractivity contribution in [1.29, 1.82) is 0 Å². The van der Waals surface area contributed by atoms with Gasteiger partial charge in [0, 0.05) is 25.9 Å². The van der Waals surface area contributed by atoms with Crippen molar-refractivity contribution in [1.82, 2.24) is 0 Å². The summed E-state index contributed by atoms with van der Waals surface area (Å²) in [4.78, 5) is 25.0. The fourth-order valence-electron chi connectivity index (χ4n) is 10.7. The highest BCUT2D eigenvalue weighted by Crippen LogP contribution is 2.74. The van der Waals surface area contributed by atoms with E-state index < -0.39 is 6.10 Å². The quantitative estimate of drug-likeness (QED) is 0.249. The van der Waals surface area contributed by atoms with Crippen molar-refractivity contribution >= 4 is 11.8 Å². The molecule has 0 bridgehead atoms. The molecule has 1 aliphatic heterocycles. The molecular formula is C33H52O6. The van der Waals surface area contributed by atoms with E-state index in [0.717, 1.165) is 25.7 Å². The summed E-state index contributed by atoms with van der Waals surface area (Å²) in [5, 5.41) is 12.0. The zero-order valence-corrected chi connectivity index (χ0v) is 26.0. The van der Waals surface area contributed by atoms with Gasteiger partial charge in [0.05, 0.1) is 17.8 Å². The van der Waals surface area contributed by atoms with Gasteiger partial charge >= 0.3 is 5.97 Å². The summed E-state index contributed by atoms with van der Waals surface area (Å²) in [6.07, 6.45) is 4.84. The van der Waals surface area contributed by atoms with Gasteiger partial charge in [-0.1, -0.05) is 47.1 Å². The molecule has 10 atom stereocenters. The molecule has 0 aromatic rings. The SMILES string of the molecule is COC1CC2(C)C(=C1C(C)CC(OC(C)=O)C1OC1(C)C)CC(O)C1C3(C)CCC(=O)C(C)(C)C3CCC12C. The number of epoxide rings is 1. The second-order valence-corrected chi connectivity index (χ2v) is 15.5. The van der Waals surface area contributed by atoms with Gasteiger partial charge in [-0.05, 0) is 91.9 Å². The first-order valence-corrected chi connectivity index (χ1v) is 15.3. The van der Waals surface area contributed by atoms with Gasteiger partial charge in [0.2, 0.25) is 0 Å². The van der Waals surface area contributed by atoms with Crippen LogP contribution in [-0.2, 0) is 23.8 Å². The fraction of sp³-hybridized carbons (Fsp3) is 0.879. The third-order valence-corrected chi connectivity index (χ3v) is 12.8. The van der Waals surface area contributed by atoms with Gasteiger partial charge in [0.15, 0.2) is 0 Å². The third-order valence-electron chi connectivity index (χ3n) is 12.8. The number of fused-ring (bicyclic) bond motifs is 5. The highest BCUT2D eigenvalue weighted by molar-refractivity contribution is 5.85. The molecule has 6 nitrogen and oxygen atoms in total. The Morgan fingerprint density at radius 3 is 2.33 bits per heavy atom. The first-order valence-electron chi connectivity index (χ1n) is 15.3. The number of Topliss-reactive ketones (excluding diaryl/α,β-unsaturated/α-hetero) is 1. The molecule has 1 saturated heterocycles. The summed E-state index contributed by atoms with van der Waals surface area (Å²) in [6, 6.07) is 0. The summed E-state index contributed by atoms with van der Waals surface area (Å²) >= 11 is 0. The zero-order chi connectivity index (χ0) is 28.9. The molecular weight excluding hydrogens is 492 g/mol. The number of hydrogen-bond donors (Lipinski definition) is 1. The number of carbonyl (C=O) groups is 2. The van der Waals surface area contributed by atoms with Crippen LogP contribution in [0.4, 0.5) is 0 Å². The zero-order valence-electron chi connectivity index (χ0n) is 26.0. The van der Waals surface area contributed by atoms with Gasteiger partial charge in [0.1, 0.15) is 18.0 Å². The van der Waals surface area contributed by atoms with Crippen molar-refractivity contribution in [3.8, 4) is 0 Å². The van der Waals surface area contributed by atoms with E-state index in [4.69, 9.17) is 14.2 Å². The molecule has 5 rings (SSSR count). The highest BCUT2D eigenvalue weighted by atomic mass is 16.6. The largest absolute Gasteiger partial charge is 0.460 e. The van der Waals surface area contributed by atoms with Crippen molar-refractivity contribution in [2.45, 2.75) is 137 Å². The van der Waals surface area contributed by atoms with Crippen LogP contribution in [0.25, 0.3) is 0 Å². The Hall–Kier alpha value is -1.24. The Morgan fingerprint density at radius 2 is 1.77 bits per heavy atom. The van der Waals surface area contributed by atoms with Crippen LogP contribution in [-0.4, -0.2) is 54.0 Å². The van der Waals surface area contributed by atoms with E-state index >= 15 is 0 Å². The average molecular weight is 545 g/mol. The van der Waals surface area contributed by atoms with Gasteiger partial charge < -0.3 is 19.3 Å². The first-order chi connectivity index (χ1) is 17.9. The summed E-state index contributed by atoms with van der Waals surface area (Å²) in [6.45, 7) is 19.3. The van der Waals surface area contributed by atoms with Gasteiger partial charge in [-0.3, -0.25) is 9.59 Å². The minimum Gasteiger partial charge on any atom is -0.460 e. The number of aliphatic hydroxyl groups excluding tert-OH is 1. The Kier molecular flexibility index (Phi) is 6.85. The molecule has 10 unspecified atom stereocenters. The Labute approximate surface area is 235 Å². The number of ether oxygens (including phenoxy) is 3. The molecule has 220 valence electrons.